The minimum atomic E-state index is -0.337. The molecular formula is C48H58IrNO4-. The maximum absolute atomic E-state index is 12.2. The number of aliphatic hydroxyl groups is 1. The van der Waals surface area contributed by atoms with Gasteiger partial charge in [-0.05, 0) is 66.3 Å². The van der Waals surface area contributed by atoms with Crippen LogP contribution in [0.2, 0.25) is 0 Å². The second kappa shape index (κ2) is 17.2. The van der Waals surface area contributed by atoms with Crippen LogP contribution in [0.15, 0.2) is 93.7 Å². The fraction of sp³-hybridized carbons (Fsp3) is 0.417. The molecule has 0 aliphatic heterocycles. The molecule has 289 valence electrons. The van der Waals surface area contributed by atoms with Crippen molar-refractivity contribution in [2.24, 2.45) is 16.7 Å². The molecule has 0 amide bonds. The quantitative estimate of drug-likeness (QED) is 0.0796. The number of benzene rings is 3. The van der Waals surface area contributed by atoms with Crippen molar-refractivity contribution in [2.75, 3.05) is 0 Å². The van der Waals surface area contributed by atoms with Gasteiger partial charge in [-0.2, -0.15) is 0 Å². The Morgan fingerprint density at radius 3 is 2.15 bits per heavy atom. The second-order valence-corrected chi connectivity index (χ2v) is 16.6. The van der Waals surface area contributed by atoms with Crippen molar-refractivity contribution in [3.63, 3.8) is 0 Å². The predicted octanol–water partition coefficient (Wildman–Crippen LogP) is 14.0. The summed E-state index contributed by atoms with van der Waals surface area (Å²) in [5.41, 5.74) is 6.18. The van der Waals surface area contributed by atoms with Gasteiger partial charge in [0.25, 0.3) is 0 Å². The van der Waals surface area contributed by atoms with Gasteiger partial charge >= 0.3 is 0 Å². The van der Waals surface area contributed by atoms with E-state index in [9.17, 15) is 9.90 Å². The van der Waals surface area contributed by atoms with Gasteiger partial charge in [0.05, 0.1) is 6.26 Å². The van der Waals surface area contributed by atoms with E-state index in [1.165, 1.54) is 17.0 Å². The van der Waals surface area contributed by atoms with Gasteiger partial charge in [0, 0.05) is 59.9 Å². The molecule has 0 atom stereocenters. The molecule has 0 aliphatic rings. The summed E-state index contributed by atoms with van der Waals surface area (Å²) in [6.07, 6.45) is 7.40. The fourth-order valence-electron chi connectivity index (χ4n) is 6.75. The molecule has 3 heterocycles. The molecule has 5 nitrogen and oxygen atoms in total. The average Bonchev–Trinajstić information content (AvgIpc) is 3.79. The molecule has 3 aromatic heterocycles. The third kappa shape index (κ3) is 9.09. The monoisotopic (exact) mass is 905 g/mol. The standard InChI is InChI=1S/C33H30NO2.C15H28O2.Ir/c1-20(2)14-25-16-23-11-10-22(18-31(23)36-25)28-19-30(34-32-27(28)12-13-35-32)24-15-21-8-6-7-9-26(21)29(17-24)33(3,4)5;1-7-14(5,8-2)12(16)11-13(17)15(6,9-3)10-4;/h6-13,16-20H,14H2,1-5H3;11,16H,7-10H2,1-6H3;/q-1;;/b;12-11-;. The largest absolute Gasteiger partial charge is 0.512 e. The molecular weight excluding hydrogens is 847 g/mol. The molecule has 0 saturated carbocycles. The molecule has 0 unspecified atom stereocenters. The van der Waals surface area contributed by atoms with Crippen molar-refractivity contribution < 1.29 is 38.8 Å². The van der Waals surface area contributed by atoms with Gasteiger partial charge in [0.2, 0.25) is 5.71 Å². The number of furan rings is 2. The van der Waals surface area contributed by atoms with Crippen LogP contribution in [0.25, 0.3) is 55.2 Å². The number of carbonyl (C=O) groups is 1. The van der Waals surface area contributed by atoms with Crippen LogP contribution in [0.3, 0.4) is 0 Å². The maximum Gasteiger partial charge on any atom is 0.219 e. The number of nitrogens with zero attached hydrogens (tertiary/aromatic N) is 1. The average molecular weight is 905 g/mol. The Kier molecular flexibility index (Phi) is 13.6. The van der Waals surface area contributed by atoms with Crippen molar-refractivity contribution in [2.45, 2.75) is 114 Å². The summed E-state index contributed by atoms with van der Waals surface area (Å²) in [6.45, 7) is 23.3. The van der Waals surface area contributed by atoms with Crippen LogP contribution in [0.5, 0.6) is 0 Å². The first kappa shape index (κ1) is 42.7. The number of hydrogen-bond donors (Lipinski definition) is 1. The van der Waals surface area contributed by atoms with Crippen molar-refractivity contribution in [1.29, 1.82) is 0 Å². The molecule has 6 aromatic rings. The first-order valence-electron chi connectivity index (χ1n) is 19.4. The minimum Gasteiger partial charge on any atom is -0.512 e. The number of ketones is 1. The van der Waals surface area contributed by atoms with Gasteiger partial charge in [-0.25, -0.2) is 0 Å². The maximum atomic E-state index is 12.2. The summed E-state index contributed by atoms with van der Waals surface area (Å²) >= 11 is 0. The van der Waals surface area contributed by atoms with Gasteiger partial charge in [0.1, 0.15) is 17.1 Å². The number of aromatic nitrogens is 1. The normalized spacial score (nSPS) is 12.6. The van der Waals surface area contributed by atoms with Crippen molar-refractivity contribution >= 4 is 38.6 Å². The van der Waals surface area contributed by atoms with Gasteiger partial charge in [-0.15, -0.1) is 29.1 Å². The first-order valence-corrected chi connectivity index (χ1v) is 19.4. The molecule has 1 radical (unpaired) electrons. The zero-order valence-electron chi connectivity index (χ0n) is 34.1. The summed E-state index contributed by atoms with van der Waals surface area (Å²) in [7, 11) is 0. The number of rotatable bonds is 11. The number of hydrogen-bond acceptors (Lipinski definition) is 5. The van der Waals surface area contributed by atoms with Gasteiger partial charge in [-0.3, -0.25) is 9.78 Å². The van der Waals surface area contributed by atoms with Crippen LogP contribution in [-0.2, 0) is 36.7 Å². The SMILES string of the molecule is CC(C)Cc1cc2ccc(-c3cc(-c4[c-]c5ccccc5c(C(C)(C)C)c4)nc4occc34)cc2o1.CCC(C)(CC)C(=O)/C=C(\O)C(C)(CC)CC.[Ir]. The van der Waals surface area contributed by atoms with Crippen molar-refractivity contribution in [1.82, 2.24) is 4.98 Å². The Morgan fingerprint density at radius 2 is 1.52 bits per heavy atom. The number of pyridine rings is 1. The Labute approximate surface area is 336 Å². The van der Waals surface area contributed by atoms with Gasteiger partial charge < -0.3 is 13.9 Å². The minimum absolute atomic E-state index is 0. The van der Waals surface area contributed by atoms with E-state index in [0.29, 0.717) is 11.6 Å². The van der Waals surface area contributed by atoms with Gasteiger partial charge in [-0.1, -0.05) is 124 Å². The van der Waals surface area contributed by atoms with Crippen LogP contribution in [0, 0.1) is 22.8 Å². The third-order valence-corrected chi connectivity index (χ3v) is 11.4. The molecule has 0 spiro atoms. The fourth-order valence-corrected chi connectivity index (χ4v) is 6.75. The van der Waals surface area contributed by atoms with E-state index < -0.39 is 0 Å². The molecule has 6 heteroatoms. The second-order valence-electron chi connectivity index (χ2n) is 16.6. The number of allylic oxidation sites excluding steroid dienone is 2. The van der Waals surface area contributed by atoms with E-state index >= 15 is 0 Å². The van der Waals surface area contributed by atoms with Crippen LogP contribution in [-0.4, -0.2) is 15.9 Å². The van der Waals surface area contributed by atoms with Crippen molar-refractivity contribution in [3.8, 4) is 22.4 Å². The summed E-state index contributed by atoms with van der Waals surface area (Å²) in [5.74, 6) is 1.87. The van der Waals surface area contributed by atoms with Crippen molar-refractivity contribution in [3.05, 3.63) is 102 Å². The Hall–Kier alpha value is -3.99. The smallest absolute Gasteiger partial charge is 0.219 e. The topological polar surface area (TPSA) is 76.5 Å². The van der Waals surface area contributed by atoms with Gasteiger partial charge in [0.15, 0.2) is 5.78 Å². The number of fused-ring (bicyclic) bond motifs is 3. The molecule has 3 aromatic carbocycles. The number of aliphatic hydroxyl groups excluding tert-OH is 1. The summed E-state index contributed by atoms with van der Waals surface area (Å²) < 4.78 is 12.0. The van der Waals surface area contributed by atoms with Crippen LogP contribution in [0.4, 0.5) is 0 Å². The zero-order valence-corrected chi connectivity index (χ0v) is 36.5. The Balaban J connectivity index is 0.000000309. The molecule has 1 N–H and O–H groups in total. The molecule has 54 heavy (non-hydrogen) atoms. The summed E-state index contributed by atoms with van der Waals surface area (Å²) in [6, 6.07) is 27.0. The van der Waals surface area contributed by atoms with E-state index in [2.05, 4.69) is 101 Å². The van der Waals surface area contributed by atoms with Crippen LogP contribution in [0.1, 0.15) is 113 Å². The first-order chi connectivity index (χ1) is 25.0. The molecule has 6 rings (SSSR count). The zero-order chi connectivity index (χ0) is 38.7. The molecule has 0 bridgehead atoms. The van der Waals surface area contributed by atoms with E-state index in [0.717, 1.165) is 82.0 Å². The van der Waals surface area contributed by atoms with E-state index in [4.69, 9.17) is 13.8 Å². The van der Waals surface area contributed by atoms with Crippen LogP contribution >= 0.6 is 0 Å². The Morgan fingerprint density at radius 1 is 0.852 bits per heavy atom. The summed E-state index contributed by atoms with van der Waals surface area (Å²) in [5, 5.41) is 14.6. The molecule has 0 fully saturated rings. The molecule has 0 aliphatic carbocycles. The predicted molar refractivity (Wildman–Crippen MR) is 221 cm³/mol. The molecule has 0 saturated heterocycles. The van der Waals surface area contributed by atoms with E-state index in [1.54, 1.807) is 6.26 Å². The van der Waals surface area contributed by atoms with E-state index in [1.807, 2.05) is 47.6 Å². The third-order valence-electron chi connectivity index (χ3n) is 11.4. The number of carbonyl (C=O) groups excluding carboxylic acids is 1. The summed E-state index contributed by atoms with van der Waals surface area (Å²) in [4.78, 5) is 17.1. The Bertz CT molecular complexity index is 2240. The van der Waals surface area contributed by atoms with Crippen LogP contribution < -0.4 is 0 Å². The van der Waals surface area contributed by atoms with E-state index in [-0.39, 0.29) is 47.9 Å².